The van der Waals surface area contributed by atoms with Gasteiger partial charge < -0.3 is 4.98 Å². The lowest BCUT2D eigenvalue weighted by molar-refractivity contribution is -0.386. The minimum atomic E-state index is -0.680. The van der Waals surface area contributed by atoms with Crippen LogP contribution in [0.2, 0.25) is 0 Å². The van der Waals surface area contributed by atoms with E-state index in [1.165, 1.54) is 0 Å². The quantitative estimate of drug-likeness (QED) is 0.628. The summed E-state index contributed by atoms with van der Waals surface area (Å²) >= 11 is 0. The maximum absolute atomic E-state index is 11.7. The van der Waals surface area contributed by atoms with Gasteiger partial charge in [-0.25, -0.2) is 0 Å². The normalized spacial score (nSPS) is 8.89. The number of nitro groups is 1. The van der Waals surface area contributed by atoms with Crippen LogP contribution in [0.3, 0.4) is 0 Å². The number of aromatic nitrogens is 1. The summed E-state index contributed by atoms with van der Waals surface area (Å²) < 4.78 is 0. The van der Waals surface area contributed by atoms with Crippen LogP contribution >= 0.6 is 0 Å². The zero-order chi connectivity index (χ0) is 15.0. The molecule has 1 aromatic carbocycles. The third-order valence-electron chi connectivity index (χ3n) is 2.21. The molecule has 104 valence electrons. The predicted molar refractivity (Wildman–Crippen MR) is 78.7 cm³/mol. The zero-order valence-corrected chi connectivity index (χ0v) is 12.0. The summed E-state index contributed by atoms with van der Waals surface area (Å²) in [5, 5.41) is 10.9. The molecule has 0 unspecified atom stereocenters. The van der Waals surface area contributed by atoms with Gasteiger partial charge in [-0.1, -0.05) is 39.3 Å². The summed E-state index contributed by atoms with van der Waals surface area (Å²) in [7, 11) is 0. The van der Waals surface area contributed by atoms with Crippen LogP contribution in [0, 0.1) is 17.0 Å². The van der Waals surface area contributed by atoms with Crippen LogP contribution in [0.4, 0.5) is 5.69 Å². The van der Waals surface area contributed by atoms with Gasteiger partial charge in [0.25, 0.3) is 5.43 Å². The van der Waals surface area contributed by atoms with Crippen molar-refractivity contribution in [2.75, 3.05) is 0 Å². The lowest BCUT2D eigenvalue weighted by Gasteiger charge is -1.98. The Bertz CT molecular complexity index is 603. The van der Waals surface area contributed by atoms with Crippen molar-refractivity contribution in [2.24, 2.45) is 0 Å². The predicted octanol–water partition coefficient (Wildman–Crippen LogP) is 3.80. The molecule has 1 aromatic heterocycles. The molecule has 0 fully saturated rings. The number of aryl methyl sites for hydroxylation is 1. The molecule has 1 N–H and O–H groups in total. The average molecular weight is 264 g/mol. The Kier molecular flexibility index (Phi) is 7.11. The van der Waals surface area contributed by atoms with Crippen molar-refractivity contribution in [3.8, 4) is 0 Å². The van der Waals surface area contributed by atoms with E-state index in [4.69, 9.17) is 0 Å². The number of nitrogens with one attached hydrogen (secondary N) is 1. The minimum absolute atomic E-state index is 0.351. The van der Waals surface area contributed by atoms with Gasteiger partial charge in [-0.3, -0.25) is 14.9 Å². The molecule has 0 saturated heterocycles. The summed E-state index contributed by atoms with van der Waals surface area (Å²) in [6.45, 7) is 9.83. The van der Waals surface area contributed by atoms with E-state index >= 15 is 0 Å². The third-order valence-corrected chi connectivity index (χ3v) is 2.21. The van der Waals surface area contributed by atoms with Crippen molar-refractivity contribution in [1.29, 1.82) is 0 Å². The fraction of sp³-hybridized carbons (Fsp3) is 0.357. The monoisotopic (exact) mass is 264 g/mol. The average Bonchev–Trinajstić information content (AvgIpc) is 2.44. The van der Waals surface area contributed by atoms with Crippen LogP contribution in [0.5, 0.6) is 0 Å². The molecule has 5 nitrogen and oxygen atoms in total. The van der Waals surface area contributed by atoms with Gasteiger partial charge in [-0.15, -0.1) is 0 Å². The molecule has 0 spiro atoms. The van der Waals surface area contributed by atoms with Crippen LogP contribution in [-0.4, -0.2) is 9.91 Å². The Morgan fingerprint density at radius 2 is 1.74 bits per heavy atom. The molecule has 1 heterocycles. The Labute approximate surface area is 112 Å². The summed E-state index contributed by atoms with van der Waals surface area (Å²) in [5.41, 5.74) is 0.537. The molecule has 19 heavy (non-hydrogen) atoms. The summed E-state index contributed by atoms with van der Waals surface area (Å²) in [6.07, 6.45) is 1.12. The Hall–Kier alpha value is -2.17. The van der Waals surface area contributed by atoms with Crippen LogP contribution < -0.4 is 5.43 Å². The number of rotatable bonds is 1. The smallest absolute Gasteiger partial charge is 0.332 e. The Morgan fingerprint density at radius 1 is 1.16 bits per heavy atom. The molecule has 0 saturated carbocycles. The molecular formula is C14H20N2O3. The van der Waals surface area contributed by atoms with E-state index in [1.54, 1.807) is 12.1 Å². The number of fused-ring (bicyclic) bond motifs is 1. The number of hydrogen-bond donors (Lipinski definition) is 1. The second kappa shape index (κ2) is 8.02. The Morgan fingerprint density at radius 3 is 2.26 bits per heavy atom. The molecule has 0 atom stereocenters. The highest BCUT2D eigenvalue weighted by Gasteiger charge is 2.14. The zero-order valence-electron chi connectivity index (χ0n) is 12.0. The maximum atomic E-state index is 11.7. The number of pyridine rings is 1. The fourth-order valence-electron chi connectivity index (χ4n) is 1.46. The molecule has 0 aliphatic rings. The molecule has 5 heteroatoms. The van der Waals surface area contributed by atoms with Crippen molar-refractivity contribution in [3.63, 3.8) is 0 Å². The highest BCUT2D eigenvalue weighted by Crippen LogP contribution is 2.13. The highest BCUT2D eigenvalue weighted by molar-refractivity contribution is 5.80. The molecular weight excluding hydrogens is 244 g/mol. The maximum Gasteiger partial charge on any atom is 0.332 e. The van der Waals surface area contributed by atoms with Crippen molar-refractivity contribution >= 4 is 16.6 Å². The van der Waals surface area contributed by atoms with Crippen molar-refractivity contribution in [3.05, 3.63) is 50.3 Å². The first-order chi connectivity index (χ1) is 9.09. The number of benzene rings is 1. The van der Waals surface area contributed by atoms with Crippen LogP contribution in [0.1, 0.15) is 33.3 Å². The van der Waals surface area contributed by atoms with Gasteiger partial charge in [0.2, 0.25) is 0 Å². The summed E-state index contributed by atoms with van der Waals surface area (Å²) in [6, 6.07) is 5.21. The number of hydrogen-bond acceptors (Lipinski definition) is 3. The van der Waals surface area contributed by atoms with E-state index in [-0.39, 0.29) is 0 Å². The first-order valence-corrected chi connectivity index (χ1v) is 6.36. The van der Waals surface area contributed by atoms with E-state index < -0.39 is 16.0 Å². The van der Waals surface area contributed by atoms with E-state index in [1.807, 2.05) is 40.7 Å². The largest absolute Gasteiger partial charge is 0.355 e. The van der Waals surface area contributed by atoms with Crippen molar-refractivity contribution in [1.82, 2.24) is 4.98 Å². The van der Waals surface area contributed by atoms with Gasteiger partial charge in [0.15, 0.2) is 0 Å². The fourth-order valence-corrected chi connectivity index (χ4v) is 1.46. The van der Waals surface area contributed by atoms with E-state index in [9.17, 15) is 14.9 Å². The molecule has 0 radical (unpaired) electrons. The lowest BCUT2D eigenvalue weighted by Crippen LogP contribution is -2.09. The minimum Gasteiger partial charge on any atom is -0.355 e. The number of H-pyrrole nitrogens is 1. The summed E-state index contributed by atoms with van der Waals surface area (Å²) in [4.78, 5) is 24.2. The topological polar surface area (TPSA) is 76.0 Å². The third kappa shape index (κ3) is 3.91. The SMILES string of the molecule is CC.CC.Cc1ccc2[nH]cc([N+](=O)[O-])c(=O)c2c1. The van der Waals surface area contributed by atoms with E-state index in [2.05, 4.69) is 4.98 Å². The van der Waals surface area contributed by atoms with Crippen LogP contribution in [0.25, 0.3) is 10.9 Å². The van der Waals surface area contributed by atoms with Crippen molar-refractivity contribution in [2.45, 2.75) is 34.6 Å². The van der Waals surface area contributed by atoms with Crippen molar-refractivity contribution < 1.29 is 4.92 Å². The van der Waals surface area contributed by atoms with Gasteiger partial charge in [-0.05, 0) is 19.1 Å². The molecule has 2 rings (SSSR count). The van der Waals surface area contributed by atoms with Gasteiger partial charge in [0.05, 0.1) is 16.5 Å². The molecule has 0 amide bonds. The van der Waals surface area contributed by atoms with Crippen LogP contribution in [-0.2, 0) is 0 Å². The Balaban J connectivity index is 0.000000741. The van der Waals surface area contributed by atoms with E-state index in [0.29, 0.717) is 10.9 Å². The molecule has 0 aliphatic carbocycles. The van der Waals surface area contributed by atoms with Gasteiger partial charge in [-0.2, -0.15) is 0 Å². The lowest BCUT2D eigenvalue weighted by atomic mass is 10.1. The highest BCUT2D eigenvalue weighted by atomic mass is 16.6. The molecule has 0 bridgehead atoms. The summed E-state index contributed by atoms with van der Waals surface area (Å²) in [5.74, 6) is 0. The van der Waals surface area contributed by atoms with Gasteiger partial charge >= 0.3 is 5.69 Å². The first kappa shape index (κ1) is 16.8. The second-order valence-electron chi connectivity index (χ2n) is 3.31. The standard InChI is InChI=1S/C10H8N2O3.2C2H6/c1-6-2-3-8-7(4-6)10(13)9(5-11-8)12(14)15;2*1-2/h2-5H,1H3,(H,11,13);2*1-2H3. The van der Waals surface area contributed by atoms with E-state index in [0.717, 1.165) is 11.8 Å². The molecule has 2 aromatic rings. The number of nitrogens with zero attached hydrogens (tertiary/aromatic N) is 1. The number of aromatic amines is 1. The second-order valence-corrected chi connectivity index (χ2v) is 3.31. The van der Waals surface area contributed by atoms with Gasteiger partial charge in [0.1, 0.15) is 0 Å². The van der Waals surface area contributed by atoms with Crippen LogP contribution in [0.15, 0.2) is 29.2 Å². The molecule has 0 aliphatic heterocycles. The first-order valence-electron chi connectivity index (χ1n) is 6.36. The van der Waals surface area contributed by atoms with Gasteiger partial charge in [0, 0.05) is 5.52 Å².